The Hall–Kier alpha value is -1.81. The van der Waals surface area contributed by atoms with Crippen LogP contribution in [0.15, 0.2) is 36.5 Å². The first-order valence-electron chi connectivity index (χ1n) is 6.14. The number of hydrogen-bond acceptors (Lipinski definition) is 2. The molecule has 1 heterocycles. The number of likely N-dealkylation sites (N-methyl/N-ethyl adjacent to an activating group) is 1. The van der Waals surface area contributed by atoms with E-state index in [1.54, 1.807) is 13.2 Å². The highest BCUT2D eigenvalue weighted by Crippen LogP contribution is 2.21. The number of nitrogens with one attached hydrogen (secondary N) is 1. The van der Waals surface area contributed by atoms with E-state index in [9.17, 15) is 8.78 Å². The minimum Gasteiger partial charge on any atom is -0.313 e. The van der Waals surface area contributed by atoms with E-state index in [0.717, 1.165) is 17.3 Å². The van der Waals surface area contributed by atoms with E-state index in [1.807, 2.05) is 19.1 Å². The van der Waals surface area contributed by atoms with Gasteiger partial charge in [-0.15, -0.1) is 0 Å². The highest BCUT2D eigenvalue weighted by atomic mass is 19.1. The molecule has 2 aromatic rings. The molecule has 19 heavy (non-hydrogen) atoms. The fourth-order valence-electron chi connectivity index (χ4n) is 1.98. The third-order valence-corrected chi connectivity index (χ3v) is 3.07. The fraction of sp³-hybridized carbons (Fsp3) is 0.267. The Bertz CT molecular complexity index is 553. The molecular formula is C15H16F2N2. The summed E-state index contributed by atoms with van der Waals surface area (Å²) in [5.74, 6) is -1.10. The van der Waals surface area contributed by atoms with Gasteiger partial charge < -0.3 is 5.32 Å². The van der Waals surface area contributed by atoms with Crippen molar-refractivity contribution in [2.75, 3.05) is 7.05 Å². The Labute approximate surface area is 111 Å². The Morgan fingerprint density at radius 2 is 2.00 bits per heavy atom. The molecule has 1 unspecified atom stereocenters. The van der Waals surface area contributed by atoms with Crippen LogP contribution in [0.2, 0.25) is 0 Å². The van der Waals surface area contributed by atoms with Gasteiger partial charge in [0.1, 0.15) is 11.6 Å². The molecular weight excluding hydrogens is 246 g/mol. The molecule has 1 N–H and O–H groups in total. The summed E-state index contributed by atoms with van der Waals surface area (Å²) >= 11 is 0. The zero-order chi connectivity index (χ0) is 13.8. The molecule has 0 fully saturated rings. The van der Waals surface area contributed by atoms with E-state index < -0.39 is 11.6 Å². The molecule has 0 spiro atoms. The van der Waals surface area contributed by atoms with Crippen LogP contribution in [0.3, 0.4) is 0 Å². The van der Waals surface area contributed by atoms with Crippen LogP contribution in [0.5, 0.6) is 0 Å². The van der Waals surface area contributed by atoms with Gasteiger partial charge in [0.2, 0.25) is 0 Å². The number of nitrogens with zero attached hydrogens (tertiary/aromatic N) is 1. The van der Waals surface area contributed by atoms with Crippen molar-refractivity contribution in [1.29, 1.82) is 0 Å². The first kappa shape index (κ1) is 13.6. The smallest absolute Gasteiger partial charge is 0.130 e. The fourth-order valence-corrected chi connectivity index (χ4v) is 1.98. The molecule has 0 aliphatic heterocycles. The minimum absolute atomic E-state index is 0.226. The van der Waals surface area contributed by atoms with Crippen molar-refractivity contribution < 1.29 is 8.78 Å². The maximum Gasteiger partial charge on any atom is 0.130 e. The van der Waals surface area contributed by atoms with Gasteiger partial charge in [-0.1, -0.05) is 12.1 Å². The van der Waals surface area contributed by atoms with Gasteiger partial charge >= 0.3 is 0 Å². The number of aryl methyl sites for hydroxylation is 1. The van der Waals surface area contributed by atoms with E-state index in [4.69, 9.17) is 0 Å². The summed E-state index contributed by atoms with van der Waals surface area (Å²) in [4.78, 5) is 4.30. The second kappa shape index (κ2) is 5.89. The van der Waals surface area contributed by atoms with Crippen LogP contribution < -0.4 is 5.32 Å². The highest BCUT2D eigenvalue weighted by molar-refractivity contribution is 5.24. The standard InChI is InChI=1S/C15H16F2N2/c1-10-3-5-12(19-9-10)8-15(18-2)13-6-4-11(16)7-14(13)17/h3-7,9,15,18H,8H2,1-2H3. The van der Waals surface area contributed by atoms with Crippen molar-refractivity contribution in [3.05, 3.63) is 65.0 Å². The Balaban J connectivity index is 2.22. The summed E-state index contributed by atoms with van der Waals surface area (Å²) in [6.07, 6.45) is 2.34. The molecule has 2 rings (SSSR count). The van der Waals surface area contributed by atoms with E-state index in [1.165, 1.54) is 12.1 Å². The van der Waals surface area contributed by atoms with Crippen LogP contribution in [0.4, 0.5) is 8.78 Å². The molecule has 0 bridgehead atoms. The molecule has 1 atom stereocenters. The predicted molar refractivity (Wildman–Crippen MR) is 70.8 cm³/mol. The summed E-state index contributed by atoms with van der Waals surface area (Å²) in [5, 5.41) is 3.04. The average Bonchev–Trinajstić information content (AvgIpc) is 2.39. The van der Waals surface area contributed by atoms with Crippen molar-refractivity contribution >= 4 is 0 Å². The lowest BCUT2D eigenvalue weighted by Crippen LogP contribution is -2.20. The third kappa shape index (κ3) is 3.35. The van der Waals surface area contributed by atoms with Gasteiger partial charge in [-0.2, -0.15) is 0 Å². The lowest BCUT2D eigenvalue weighted by atomic mass is 10.0. The van der Waals surface area contributed by atoms with Crippen LogP contribution in [0, 0.1) is 18.6 Å². The van der Waals surface area contributed by atoms with Gasteiger partial charge in [0.05, 0.1) is 0 Å². The number of benzene rings is 1. The SMILES string of the molecule is CNC(Cc1ccc(C)cn1)c1ccc(F)cc1F. The lowest BCUT2D eigenvalue weighted by molar-refractivity contribution is 0.518. The Kier molecular flexibility index (Phi) is 4.22. The quantitative estimate of drug-likeness (QED) is 0.915. The van der Waals surface area contributed by atoms with E-state index >= 15 is 0 Å². The second-order valence-corrected chi connectivity index (χ2v) is 4.54. The van der Waals surface area contributed by atoms with Crippen molar-refractivity contribution in [3.8, 4) is 0 Å². The van der Waals surface area contributed by atoms with Crippen LogP contribution in [0.1, 0.15) is 22.9 Å². The van der Waals surface area contributed by atoms with Gasteiger partial charge in [0, 0.05) is 36.0 Å². The van der Waals surface area contributed by atoms with Gasteiger partial charge in [0.15, 0.2) is 0 Å². The van der Waals surface area contributed by atoms with E-state index in [0.29, 0.717) is 12.0 Å². The van der Waals surface area contributed by atoms with Gasteiger partial charge in [-0.25, -0.2) is 8.78 Å². The average molecular weight is 262 g/mol. The van der Waals surface area contributed by atoms with Gasteiger partial charge in [0.25, 0.3) is 0 Å². The minimum atomic E-state index is -0.565. The largest absolute Gasteiger partial charge is 0.313 e. The number of pyridine rings is 1. The first-order valence-corrected chi connectivity index (χ1v) is 6.14. The topological polar surface area (TPSA) is 24.9 Å². The van der Waals surface area contributed by atoms with Crippen LogP contribution in [0.25, 0.3) is 0 Å². The summed E-state index contributed by atoms with van der Waals surface area (Å²) in [6, 6.07) is 7.31. The molecule has 2 nitrogen and oxygen atoms in total. The van der Waals surface area contributed by atoms with Crippen molar-refractivity contribution in [2.24, 2.45) is 0 Å². The molecule has 100 valence electrons. The Morgan fingerprint density at radius 1 is 1.21 bits per heavy atom. The van der Waals surface area contributed by atoms with Crippen molar-refractivity contribution in [3.63, 3.8) is 0 Å². The normalized spacial score (nSPS) is 12.4. The highest BCUT2D eigenvalue weighted by Gasteiger charge is 2.15. The van der Waals surface area contributed by atoms with Crippen molar-refractivity contribution in [2.45, 2.75) is 19.4 Å². The maximum absolute atomic E-state index is 13.8. The molecule has 0 saturated heterocycles. The summed E-state index contributed by atoms with van der Waals surface area (Å²) in [6.45, 7) is 1.96. The molecule has 1 aromatic heterocycles. The Morgan fingerprint density at radius 3 is 2.58 bits per heavy atom. The predicted octanol–water partition coefficient (Wildman–Crippen LogP) is 3.17. The molecule has 0 aliphatic rings. The zero-order valence-corrected chi connectivity index (χ0v) is 11.0. The van der Waals surface area contributed by atoms with Crippen LogP contribution in [-0.4, -0.2) is 12.0 Å². The van der Waals surface area contributed by atoms with E-state index in [-0.39, 0.29) is 6.04 Å². The van der Waals surface area contributed by atoms with Gasteiger partial charge in [-0.3, -0.25) is 4.98 Å². The van der Waals surface area contributed by atoms with Crippen molar-refractivity contribution in [1.82, 2.24) is 10.3 Å². The number of halogens is 2. The number of hydrogen-bond donors (Lipinski definition) is 1. The molecule has 0 radical (unpaired) electrons. The molecule has 1 aromatic carbocycles. The lowest BCUT2D eigenvalue weighted by Gasteiger charge is -2.17. The summed E-state index contributed by atoms with van der Waals surface area (Å²) in [5.41, 5.74) is 2.40. The zero-order valence-electron chi connectivity index (χ0n) is 11.0. The summed E-state index contributed by atoms with van der Waals surface area (Å²) in [7, 11) is 1.75. The number of rotatable bonds is 4. The van der Waals surface area contributed by atoms with Crippen LogP contribution in [-0.2, 0) is 6.42 Å². The molecule has 0 saturated carbocycles. The monoisotopic (exact) mass is 262 g/mol. The summed E-state index contributed by atoms with van der Waals surface area (Å²) < 4.78 is 26.7. The molecule has 4 heteroatoms. The molecule has 0 amide bonds. The first-order chi connectivity index (χ1) is 9.10. The van der Waals surface area contributed by atoms with Gasteiger partial charge in [-0.05, 0) is 31.7 Å². The molecule has 0 aliphatic carbocycles. The maximum atomic E-state index is 13.8. The van der Waals surface area contributed by atoms with E-state index in [2.05, 4.69) is 10.3 Å². The number of aromatic nitrogens is 1. The second-order valence-electron chi connectivity index (χ2n) is 4.54. The third-order valence-electron chi connectivity index (χ3n) is 3.07. The van der Waals surface area contributed by atoms with Crippen LogP contribution >= 0.6 is 0 Å².